The third-order valence-electron chi connectivity index (χ3n) is 2.65. The van der Waals surface area contributed by atoms with Crippen LogP contribution in [0.4, 0.5) is 13.2 Å². The number of nitrogens with zero attached hydrogens (tertiary/aromatic N) is 3. The summed E-state index contributed by atoms with van der Waals surface area (Å²) in [5.41, 5.74) is 2.22. The van der Waals surface area contributed by atoms with Crippen LogP contribution in [-0.2, 0) is 6.54 Å². The summed E-state index contributed by atoms with van der Waals surface area (Å²) >= 11 is 0. The fourth-order valence-electron chi connectivity index (χ4n) is 1.35. The van der Waals surface area contributed by atoms with Gasteiger partial charge in [0, 0.05) is 5.69 Å². The molecule has 0 aliphatic heterocycles. The SMILES string of the molecule is Cc1nn(CC(C#N)C(F)(F)F)c(C)c1C. The van der Waals surface area contributed by atoms with Crippen LogP contribution in [0.2, 0.25) is 0 Å². The van der Waals surface area contributed by atoms with E-state index in [-0.39, 0.29) is 0 Å². The van der Waals surface area contributed by atoms with E-state index < -0.39 is 18.6 Å². The Morgan fingerprint density at radius 3 is 2.25 bits per heavy atom. The molecule has 0 saturated heterocycles. The summed E-state index contributed by atoms with van der Waals surface area (Å²) in [5, 5.41) is 12.5. The second-order valence-electron chi connectivity index (χ2n) is 3.70. The minimum absolute atomic E-state index is 0.444. The number of aryl methyl sites for hydroxylation is 1. The lowest BCUT2D eigenvalue weighted by Gasteiger charge is -2.14. The van der Waals surface area contributed by atoms with Gasteiger partial charge in [0.25, 0.3) is 0 Å². The first-order valence-corrected chi connectivity index (χ1v) is 4.74. The van der Waals surface area contributed by atoms with Gasteiger partial charge in [-0.3, -0.25) is 4.68 Å². The monoisotopic (exact) mass is 231 g/mol. The Bertz CT molecular complexity index is 426. The molecule has 1 atom stereocenters. The summed E-state index contributed by atoms with van der Waals surface area (Å²) < 4.78 is 38.4. The van der Waals surface area contributed by atoms with Crippen molar-refractivity contribution >= 4 is 0 Å². The summed E-state index contributed by atoms with van der Waals surface area (Å²) in [6.45, 7) is 4.78. The topological polar surface area (TPSA) is 41.6 Å². The normalized spacial score (nSPS) is 13.6. The molecule has 1 aromatic rings. The number of rotatable bonds is 2. The summed E-state index contributed by atoms with van der Waals surface area (Å²) in [5.74, 6) is -2.01. The molecule has 6 heteroatoms. The maximum absolute atomic E-state index is 12.4. The van der Waals surface area contributed by atoms with Crippen LogP contribution >= 0.6 is 0 Å². The molecule has 16 heavy (non-hydrogen) atoms. The largest absolute Gasteiger partial charge is 0.406 e. The molecule has 0 aliphatic rings. The van der Waals surface area contributed by atoms with E-state index in [1.807, 2.05) is 0 Å². The minimum atomic E-state index is -4.51. The molecule has 0 amide bonds. The highest BCUT2D eigenvalue weighted by Gasteiger charge is 2.40. The number of alkyl halides is 3. The summed E-state index contributed by atoms with van der Waals surface area (Å²) in [6, 6.07) is 1.26. The maximum Gasteiger partial charge on any atom is 0.406 e. The first kappa shape index (κ1) is 12.6. The molecule has 3 nitrogen and oxygen atoms in total. The van der Waals surface area contributed by atoms with Crippen LogP contribution in [0.5, 0.6) is 0 Å². The summed E-state index contributed by atoms with van der Waals surface area (Å²) in [4.78, 5) is 0. The zero-order chi connectivity index (χ0) is 12.5. The fraction of sp³-hybridized carbons (Fsp3) is 0.600. The van der Waals surface area contributed by atoms with Crippen molar-refractivity contribution < 1.29 is 13.2 Å². The number of hydrogen-bond acceptors (Lipinski definition) is 2. The average Bonchev–Trinajstić information content (AvgIpc) is 2.40. The highest BCUT2D eigenvalue weighted by atomic mass is 19.4. The van der Waals surface area contributed by atoms with Gasteiger partial charge in [0.2, 0.25) is 0 Å². The summed E-state index contributed by atoms with van der Waals surface area (Å²) in [7, 11) is 0. The number of aromatic nitrogens is 2. The van der Waals surface area contributed by atoms with E-state index in [9.17, 15) is 13.2 Å². The van der Waals surface area contributed by atoms with Crippen molar-refractivity contribution in [2.75, 3.05) is 0 Å². The maximum atomic E-state index is 12.4. The summed E-state index contributed by atoms with van der Waals surface area (Å²) in [6.07, 6.45) is -4.51. The van der Waals surface area contributed by atoms with Crippen LogP contribution in [0.3, 0.4) is 0 Å². The van der Waals surface area contributed by atoms with Crippen molar-refractivity contribution in [1.82, 2.24) is 9.78 Å². The molecule has 0 aliphatic carbocycles. The molecule has 0 spiro atoms. The van der Waals surface area contributed by atoms with Crippen molar-refractivity contribution in [2.45, 2.75) is 33.5 Å². The van der Waals surface area contributed by atoms with Crippen molar-refractivity contribution in [3.63, 3.8) is 0 Å². The van der Waals surface area contributed by atoms with Gasteiger partial charge in [-0.05, 0) is 26.3 Å². The minimum Gasteiger partial charge on any atom is -0.268 e. The lowest BCUT2D eigenvalue weighted by molar-refractivity contribution is -0.162. The zero-order valence-corrected chi connectivity index (χ0v) is 9.26. The van der Waals surface area contributed by atoms with Crippen LogP contribution in [0.25, 0.3) is 0 Å². The quantitative estimate of drug-likeness (QED) is 0.784. The van der Waals surface area contributed by atoms with E-state index in [1.165, 1.54) is 10.8 Å². The van der Waals surface area contributed by atoms with Crippen LogP contribution in [0.15, 0.2) is 0 Å². The van der Waals surface area contributed by atoms with E-state index in [0.717, 1.165) is 5.56 Å². The Morgan fingerprint density at radius 2 is 1.94 bits per heavy atom. The van der Waals surface area contributed by atoms with Crippen LogP contribution < -0.4 is 0 Å². The Kier molecular flexibility index (Phi) is 3.27. The third kappa shape index (κ3) is 2.35. The molecule has 0 fully saturated rings. The average molecular weight is 231 g/mol. The predicted molar refractivity (Wildman–Crippen MR) is 51.6 cm³/mol. The van der Waals surface area contributed by atoms with Crippen molar-refractivity contribution in [3.8, 4) is 6.07 Å². The second kappa shape index (κ2) is 4.16. The van der Waals surface area contributed by atoms with E-state index in [2.05, 4.69) is 5.10 Å². The molecule has 1 aromatic heterocycles. The van der Waals surface area contributed by atoms with Gasteiger partial charge in [-0.2, -0.15) is 23.5 Å². The van der Waals surface area contributed by atoms with Gasteiger partial charge in [-0.15, -0.1) is 0 Å². The van der Waals surface area contributed by atoms with Crippen LogP contribution in [0.1, 0.15) is 17.0 Å². The Morgan fingerprint density at radius 1 is 1.38 bits per heavy atom. The predicted octanol–water partition coefficient (Wildman–Crippen LogP) is 2.51. The standard InChI is InChI=1S/C10H12F3N3/c1-6-7(2)15-16(8(6)3)5-9(4-14)10(11,12)13/h9H,5H2,1-3H3. The molecular formula is C10H12F3N3. The van der Waals surface area contributed by atoms with Crippen molar-refractivity contribution in [1.29, 1.82) is 5.26 Å². The van der Waals surface area contributed by atoms with Crippen molar-refractivity contribution in [3.05, 3.63) is 17.0 Å². The molecule has 0 bridgehead atoms. The van der Waals surface area contributed by atoms with E-state index in [0.29, 0.717) is 11.4 Å². The number of halogens is 3. The molecule has 0 saturated carbocycles. The van der Waals surface area contributed by atoms with Crippen LogP contribution in [-0.4, -0.2) is 16.0 Å². The second-order valence-corrected chi connectivity index (χ2v) is 3.70. The number of hydrogen-bond donors (Lipinski definition) is 0. The Hall–Kier alpha value is -1.51. The Balaban J connectivity index is 2.97. The molecule has 1 unspecified atom stereocenters. The van der Waals surface area contributed by atoms with E-state index >= 15 is 0 Å². The molecule has 0 aromatic carbocycles. The molecule has 88 valence electrons. The molecular weight excluding hydrogens is 219 g/mol. The molecule has 1 heterocycles. The lowest BCUT2D eigenvalue weighted by atomic mass is 10.1. The Labute approximate surface area is 91.5 Å². The van der Waals surface area contributed by atoms with Gasteiger partial charge in [0.05, 0.1) is 18.3 Å². The first-order chi connectivity index (χ1) is 7.27. The third-order valence-corrected chi connectivity index (χ3v) is 2.65. The first-order valence-electron chi connectivity index (χ1n) is 4.74. The van der Waals surface area contributed by atoms with Gasteiger partial charge in [0.1, 0.15) is 0 Å². The highest BCUT2D eigenvalue weighted by Crippen LogP contribution is 2.27. The fourth-order valence-corrected chi connectivity index (χ4v) is 1.35. The zero-order valence-electron chi connectivity index (χ0n) is 9.26. The van der Waals surface area contributed by atoms with Gasteiger partial charge >= 0.3 is 6.18 Å². The van der Waals surface area contributed by atoms with Gasteiger partial charge in [0.15, 0.2) is 5.92 Å². The highest BCUT2D eigenvalue weighted by molar-refractivity contribution is 5.22. The molecule has 1 rings (SSSR count). The van der Waals surface area contributed by atoms with Crippen LogP contribution in [0, 0.1) is 38.0 Å². The lowest BCUT2D eigenvalue weighted by Crippen LogP contribution is -2.27. The smallest absolute Gasteiger partial charge is 0.268 e. The van der Waals surface area contributed by atoms with Crippen molar-refractivity contribution in [2.24, 2.45) is 5.92 Å². The van der Waals surface area contributed by atoms with E-state index in [4.69, 9.17) is 5.26 Å². The van der Waals surface area contributed by atoms with E-state index in [1.54, 1.807) is 20.8 Å². The molecule has 0 N–H and O–H groups in total. The van der Waals surface area contributed by atoms with Gasteiger partial charge in [-0.25, -0.2) is 0 Å². The number of nitriles is 1. The molecule has 0 radical (unpaired) electrons. The van der Waals surface area contributed by atoms with Gasteiger partial charge in [-0.1, -0.05) is 0 Å². The van der Waals surface area contributed by atoms with Gasteiger partial charge < -0.3 is 0 Å².